The Kier molecular flexibility index (Phi) is 3.73. The third kappa shape index (κ3) is 2.99. The topological polar surface area (TPSA) is 74.8 Å². The van der Waals surface area contributed by atoms with Crippen LogP contribution in [0.2, 0.25) is 0 Å². The van der Waals surface area contributed by atoms with E-state index in [0.29, 0.717) is 10.2 Å². The Bertz CT molecular complexity index is 628. The summed E-state index contributed by atoms with van der Waals surface area (Å²) in [7, 11) is -3.59. The van der Waals surface area contributed by atoms with E-state index in [-0.39, 0.29) is 4.90 Å². The van der Waals surface area contributed by atoms with Gasteiger partial charge < -0.3 is 0 Å². The second-order valence-electron chi connectivity index (χ2n) is 3.16. The molecule has 1 heterocycles. The highest BCUT2D eigenvalue weighted by Crippen LogP contribution is 2.26. The van der Waals surface area contributed by atoms with Gasteiger partial charge in [-0.15, -0.1) is 0 Å². The number of anilines is 1. The van der Waals surface area contributed by atoms with Crippen molar-refractivity contribution in [3.8, 4) is 0 Å². The van der Waals surface area contributed by atoms with E-state index in [0.717, 1.165) is 3.57 Å². The molecule has 0 atom stereocenters. The lowest BCUT2D eigenvalue weighted by Crippen LogP contribution is -2.12. The van der Waals surface area contributed by atoms with Crippen LogP contribution in [-0.2, 0) is 10.0 Å². The van der Waals surface area contributed by atoms with Crippen LogP contribution in [-0.4, -0.2) is 18.6 Å². The Balaban J connectivity index is 2.36. The molecule has 17 heavy (non-hydrogen) atoms. The van der Waals surface area contributed by atoms with Gasteiger partial charge in [0.1, 0.15) is 4.90 Å². The fraction of sp³-hybridized carbons (Fsp3) is 0. The molecule has 1 aromatic carbocycles. The number of aromatic amines is 1. The molecule has 0 aliphatic rings. The Hall–Kier alpha value is -0.610. The fourth-order valence-electron chi connectivity index (χ4n) is 1.17. The van der Waals surface area contributed by atoms with Gasteiger partial charge in [0.15, 0.2) is 0 Å². The molecule has 0 aliphatic carbocycles. The molecule has 0 spiro atoms. The van der Waals surface area contributed by atoms with Gasteiger partial charge in [0.25, 0.3) is 10.0 Å². The number of nitrogens with zero attached hydrogens (tertiary/aromatic N) is 1. The highest BCUT2D eigenvalue weighted by molar-refractivity contribution is 14.1. The number of nitrogens with one attached hydrogen (secondary N) is 2. The summed E-state index contributed by atoms with van der Waals surface area (Å²) in [5, 5.41) is 6.08. The minimum absolute atomic E-state index is 0.100. The zero-order chi connectivity index (χ0) is 12.5. The van der Waals surface area contributed by atoms with Crippen molar-refractivity contribution in [1.29, 1.82) is 0 Å². The highest BCUT2D eigenvalue weighted by Gasteiger charge is 2.16. The summed E-state index contributed by atoms with van der Waals surface area (Å²) < 4.78 is 28.0. The summed E-state index contributed by atoms with van der Waals surface area (Å²) in [4.78, 5) is 0.100. The van der Waals surface area contributed by atoms with Gasteiger partial charge in [-0.1, -0.05) is 0 Å². The molecule has 0 unspecified atom stereocenters. The molecule has 90 valence electrons. The van der Waals surface area contributed by atoms with Gasteiger partial charge in [-0.2, -0.15) is 5.10 Å². The van der Waals surface area contributed by atoms with Gasteiger partial charge in [0.05, 0.1) is 11.9 Å². The zero-order valence-electron chi connectivity index (χ0n) is 8.31. The van der Waals surface area contributed by atoms with E-state index in [1.807, 2.05) is 6.07 Å². The monoisotopic (exact) mass is 427 g/mol. The molecular formula is C9H7BrIN3O2S. The first-order valence-corrected chi connectivity index (χ1v) is 7.81. The SMILES string of the molecule is O=S(=O)(Nc1cc(I)ccc1Br)c1cn[nH]c1. The van der Waals surface area contributed by atoms with Crippen LogP contribution in [0.4, 0.5) is 5.69 Å². The second-order valence-corrected chi connectivity index (χ2v) is 6.95. The van der Waals surface area contributed by atoms with E-state index in [1.54, 1.807) is 12.1 Å². The molecule has 0 amide bonds. The summed E-state index contributed by atoms with van der Waals surface area (Å²) in [6.45, 7) is 0. The molecule has 0 bridgehead atoms. The number of rotatable bonds is 3. The number of aromatic nitrogens is 2. The number of hydrogen-bond acceptors (Lipinski definition) is 3. The Morgan fingerprint density at radius 2 is 2.18 bits per heavy atom. The van der Waals surface area contributed by atoms with E-state index in [2.05, 4.69) is 53.4 Å². The van der Waals surface area contributed by atoms with Crippen molar-refractivity contribution in [2.75, 3.05) is 4.72 Å². The van der Waals surface area contributed by atoms with E-state index < -0.39 is 10.0 Å². The first-order chi connectivity index (χ1) is 7.99. The molecule has 8 heteroatoms. The standard InChI is InChI=1S/C9H7BrIN3O2S/c10-8-2-1-6(11)3-9(8)14-17(15,16)7-4-12-13-5-7/h1-5,14H,(H,12,13). The van der Waals surface area contributed by atoms with Gasteiger partial charge in [-0.3, -0.25) is 9.82 Å². The lowest BCUT2D eigenvalue weighted by atomic mass is 10.3. The van der Waals surface area contributed by atoms with Crippen LogP contribution < -0.4 is 4.72 Å². The van der Waals surface area contributed by atoms with Crippen molar-refractivity contribution in [3.63, 3.8) is 0 Å². The predicted molar refractivity (Wildman–Crippen MR) is 76.3 cm³/mol. The van der Waals surface area contributed by atoms with Gasteiger partial charge in [-0.05, 0) is 56.7 Å². The summed E-state index contributed by atoms with van der Waals surface area (Å²) >= 11 is 5.41. The number of hydrogen-bond donors (Lipinski definition) is 2. The van der Waals surface area contributed by atoms with Crippen molar-refractivity contribution in [3.05, 3.63) is 38.6 Å². The van der Waals surface area contributed by atoms with Crippen LogP contribution in [0.15, 0.2) is 40.0 Å². The van der Waals surface area contributed by atoms with Crippen LogP contribution in [0, 0.1) is 3.57 Å². The molecule has 2 rings (SSSR count). The fourth-order valence-corrected chi connectivity index (χ4v) is 3.11. The number of H-pyrrole nitrogens is 1. The lowest BCUT2D eigenvalue weighted by Gasteiger charge is -2.08. The third-order valence-electron chi connectivity index (χ3n) is 1.96. The normalized spacial score (nSPS) is 11.4. The minimum Gasteiger partial charge on any atom is -0.284 e. The van der Waals surface area contributed by atoms with Gasteiger partial charge in [0.2, 0.25) is 0 Å². The molecule has 2 aromatic rings. The quantitative estimate of drug-likeness (QED) is 0.739. The minimum atomic E-state index is -3.59. The molecule has 0 aliphatic heterocycles. The Morgan fingerprint density at radius 1 is 1.41 bits per heavy atom. The lowest BCUT2D eigenvalue weighted by molar-refractivity contribution is 0.601. The van der Waals surface area contributed by atoms with Crippen LogP contribution in [0.25, 0.3) is 0 Å². The van der Waals surface area contributed by atoms with Gasteiger partial charge >= 0.3 is 0 Å². The van der Waals surface area contributed by atoms with Crippen molar-refractivity contribution in [1.82, 2.24) is 10.2 Å². The van der Waals surface area contributed by atoms with Crippen molar-refractivity contribution in [2.24, 2.45) is 0 Å². The maximum atomic E-state index is 11.9. The highest BCUT2D eigenvalue weighted by atomic mass is 127. The largest absolute Gasteiger partial charge is 0.284 e. The van der Waals surface area contributed by atoms with Crippen LogP contribution in [0.3, 0.4) is 0 Å². The van der Waals surface area contributed by atoms with E-state index in [4.69, 9.17) is 0 Å². The average Bonchev–Trinajstić information content (AvgIpc) is 2.77. The van der Waals surface area contributed by atoms with Crippen molar-refractivity contribution >= 4 is 54.2 Å². The van der Waals surface area contributed by atoms with E-state index in [9.17, 15) is 8.42 Å². The molecule has 1 aromatic heterocycles. The Morgan fingerprint density at radius 3 is 2.82 bits per heavy atom. The van der Waals surface area contributed by atoms with Crippen LogP contribution in [0.1, 0.15) is 0 Å². The third-order valence-corrected chi connectivity index (χ3v) is 4.65. The summed E-state index contributed by atoms with van der Waals surface area (Å²) in [5.41, 5.74) is 0.498. The predicted octanol–water partition coefficient (Wildman–Crippen LogP) is 2.58. The first kappa shape index (κ1) is 12.8. The van der Waals surface area contributed by atoms with E-state index >= 15 is 0 Å². The Labute approximate surface area is 120 Å². The number of sulfonamides is 1. The number of halogens is 2. The van der Waals surface area contributed by atoms with Gasteiger partial charge in [-0.25, -0.2) is 8.42 Å². The maximum absolute atomic E-state index is 11.9. The summed E-state index contributed by atoms with van der Waals surface area (Å²) in [5.74, 6) is 0. The van der Waals surface area contributed by atoms with E-state index in [1.165, 1.54) is 12.4 Å². The first-order valence-electron chi connectivity index (χ1n) is 4.46. The molecule has 5 nitrogen and oxygen atoms in total. The van der Waals surface area contributed by atoms with Crippen molar-refractivity contribution < 1.29 is 8.42 Å². The molecular weight excluding hydrogens is 421 g/mol. The van der Waals surface area contributed by atoms with Crippen LogP contribution >= 0.6 is 38.5 Å². The zero-order valence-corrected chi connectivity index (χ0v) is 12.9. The molecule has 0 fully saturated rings. The number of benzene rings is 1. The molecule has 0 radical (unpaired) electrons. The summed E-state index contributed by atoms with van der Waals surface area (Å²) in [6, 6.07) is 5.40. The average molecular weight is 428 g/mol. The van der Waals surface area contributed by atoms with Crippen molar-refractivity contribution in [2.45, 2.75) is 4.90 Å². The van der Waals surface area contributed by atoms with Crippen LogP contribution in [0.5, 0.6) is 0 Å². The second kappa shape index (κ2) is 4.94. The smallest absolute Gasteiger partial charge is 0.265 e. The molecule has 0 saturated heterocycles. The molecule has 2 N–H and O–H groups in total. The maximum Gasteiger partial charge on any atom is 0.265 e. The molecule has 0 saturated carbocycles. The summed E-state index contributed by atoms with van der Waals surface area (Å²) in [6.07, 6.45) is 2.58. The van der Waals surface area contributed by atoms with Gasteiger partial charge in [0, 0.05) is 14.2 Å².